The zero-order valence-corrected chi connectivity index (χ0v) is 15.3. The normalized spacial score (nSPS) is 10.8. The van der Waals surface area contributed by atoms with Crippen LogP contribution in [0.1, 0.15) is 38.4 Å². The molecule has 0 saturated carbocycles. The summed E-state index contributed by atoms with van der Waals surface area (Å²) in [6.45, 7) is 6.65. The number of ether oxygens (including phenoxy) is 3. The van der Waals surface area contributed by atoms with Crippen molar-refractivity contribution >= 4 is 5.97 Å². The maximum absolute atomic E-state index is 11.7. The molecule has 0 aliphatic carbocycles. The summed E-state index contributed by atoms with van der Waals surface area (Å²) in [7, 11) is 1.65. The number of methoxy groups -OCH3 is 1. The first kappa shape index (κ1) is 18.8. The van der Waals surface area contributed by atoms with Gasteiger partial charge in [-0.05, 0) is 33.3 Å². The SMILES string of the molecule is CCOC(=O)CCc1cc(OC(C)C)nn1Cc1ccccc1OC. The van der Waals surface area contributed by atoms with Crippen LogP contribution in [0, 0.1) is 0 Å². The average molecular weight is 346 g/mol. The van der Waals surface area contributed by atoms with E-state index in [1.54, 1.807) is 14.0 Å². The van der Waals surface area contributed by atoms with Gasteiger partial charge in [0.05, 0.1) is 32.8 Å². The van der Waals surface area contributed by atoms with Crippen LogP contribution in [0.4, 0.5) is 0 Å². The Labute approximate surface area is 148 Å². The summed E-state index contributed by atoms with van der Waals surface area (Å²) >= 11 is 0. The Bertz CT molecular complexity index is 694. The molecule has 0 saturated heterocycles. The van der Waals surface area contributed by atoms with Gasteiger partial charge >= 0.3 is 5.97 Å². The van der Waals surface area contributed by atoms with E-state index in [4.69, 9.17) is 14.2 Å². The lowest BCUT2D eigenvalue weighted by molar-refractivity contribution is -0.143. The van der Waals surface area contributed by atoms with E-state index < -0.39 is 0 Å². The third-order valence-corrected chi connectivity index (χ3v) is 3.60. The fraction of sp³-hybridized carbons (Fsp3) is 0.474. The third kappa shape index (κ3) is 5.52. The van der Waals surface area contributed by atoms with E-state index in [2.05, 4.69) is 5.10 Å². The van der Waals surface area contributed by atoms with Crippen molar-refractivity contribution in [2.24, 2.45) is 0 Å². The molecule has 6 nitrogen and oxygen atoms in total. The number of nitrogens with zero attached hydrogens (tertiary/aromatic N) is 2. The molecule has 2 aromatic rings. The van der Waals surface area contributed by atoms with Crippen LogP contribution in [0.15, 0.2) is 30.3 Å². The van der Waals surface area contributed by atoms with Crippen molar-refractivity contribution in [1.29, 1.82) is 0 Å². The van der Waals surface area contributed by atoms with E-state index in [9.17, 15) is 4.79 Å². The summed E-state index contributed by atoms with van der Waals surface area (Å²) in [4.78, 5) is 11.7. The number of carbonyl (C=O) groups is 1. The van der Waals surface area contributed by atoms with Gasteiger partial charge in [-0.3, -0.25) is 9.48 Å². The molecule has 0 radical (unpaired) electrons. The third-order valence-electron chi connectivity index (χ3n) is 3.60. The Morgan fingerprint density at radius 1 is 1.28 bits per heavy atom. The first-order valence-electron chi connectivity index (χ1n) is 8.54. The molecular weight excluding hydrogens is 320 g/mol. The minimum Gasteiger partial charge on any atom is -0.496 e. The van der Waals surface area contributed by atoms with E-state index in [-0.39, 0.29) is 12.1 Å². The highest BCUT2D eigenvalue weighted by atomic mass is 16.5. The van der Waals surface area contributed by atoms with Crippen LogP contribution in [0.3, 0.4) is 0 Å². The Morgan fingerprint density at radius 2 is 2.04 bits per heavy atom. The van der Waals surface area contributed by atoms with E-state index >= 15 is 0 Å². The minimum atomic E-state index is -0.209. The monoisotopic (exact) mass is 346 g/mol. The van der Waals surface area contributed by atoms with E-state index in [1.165, 1.54) is 0 Å². The van der Waals surface area contributed by atoms with Crippen LogP contribution in [0.5, 0.6) is 11.6 Å². The van der Waals surface area contributed by atoms with Gasteiger partial charge in [0.2, 0.25) is 5.88 Å². The quantitative estimate of drug-likeness (QED) is 0.652. The lowest BCUT2D eigenvalue weighted by Gasteiger charge is -2.11. The summed E-state index contributed by atoms with van der Waals surface area (Å²) in [6.07, 6.45) is 0.891. The number of hydrogen-bond donors (Lipinski definition) is 0. The molecule has 0 aliphatic rings. The highest BCUT2D eigenvalue weighted by molar-refractivity contribution is 5.69. The Balaban J connectivity index is 2.21. The minimum absolute atomic E-state index is 0.0347. The summed E-state index contributed by atoms with van der Waals surface area (Å²) in [5.74, 6) is 1.16. The van der Waals surface area contributed by atoms with Crippen LogP contribution in [0.25, 0.3) is 0 Å². The summed E-state index contributed by atoms with van der Waals surface area (Å²) in [6, 6.07) is 9.70. The van der Waals surface area contributed by atoms with Crippen molar-refractivity contribution in [1.82, 2.24) is 9.78 Å². The van der Waals surface area contributed by atoms with Gasteiger partial charge in [-0.25, -0.2) is 0 Å². The molecule has 1 aromatic carbocycles. The van der Waals surface area contributed by atoms with Gasteiger partial charge < -0.3 is 14.2 Å². The van der Waals surface area contributed by atoms with Crippen molar-refractivity contribution in [3.8, 4) is 11.6 Å². The second kappa shape index (κ2) is 9.11. The number of aryl methyl sites for hydroxylation is 1. The number of hydrogen-bond acceptors (Lipinski definition) is 5. The fourth-order valence-corrected chi connectivity index (χ4v) is 2.52. The van der Waals surface area contributed by atoms with Gasteiger partial charge in [-0.15, -0.1) is 5.10 Å². The fourth-order valence-electron chi connectivity index (χ4n) is 2.52. The number of aromatic nitrogens is 2. The van der Waals surface area contributed by atoms with Crippen molar-refractivity contribution in [3.05, 3.63) is 41.6 Å². The zero-order valence-electron chi connectivity index (χ0n) is 15.3. The molecule has 0 atom stereocenters. The molecule has 0 amide bonds. The molecule has 0 bridgehead atoms. The highest BCUT2D eigenvalue weighted by Gasteiger charge is 2.14. The van der Waals surface area contributed by atoms with E-state index in [0.717, 1.165) is 17.0 Å². The van der Waals surface area contributed by atoms with Crippen LogP contribution < -0.4 is 9.47 Å². The van der Waals surface area contributed by atoms with Crippen molar-refractivity contribution in [2.45, 2.75) is 46.3 Å². The Kier molecular flexibility index (Phi) is 6.86. The van der Waals surface area contributed by atoms with Crippen molar-refractivity contribution < 1.29 is 19.0 Å². The van der Waals surface area contributed by atoms with Crippen LogP contribution in [-0.4, -0.2) is 35.6 Å². The number of carbonyl (C=O) groups excluding carboxylic acids is 1. The lowest BCUT2D eigenvalue weighted by Crippen LogP contribution is -2.11. The summed E-state index contributed by atoms with van der Waals surface area (Å²) < 4.78 is 18.0. The standard InChI is InChI=1S/C19H26N2O4/c1-5-24-19(22)11-10-16-12-18(25-14(2)3)20-21(16)13-15-8-6-7-9-17(15)23-4/h6-9,12,14H,5,10-11,13H2,1-4H3. The molecule has 0 aliphatic heterocycles. The van der Waals surface area contributed by atoms with Gasteiger partial charge in [0.25, 0.3) is 0 Å². The van der Waals surface area contributed by atoms with Gasteiger partial charge in [-0.2, -0.15) is 0 Å². The molecule has 1 aromatic heterocycles. The molecule has 2 rings (SSSR count). The maximum Gasteiger partial charge on any atom is 0.306 e. The van der Waals surface area contributed by atoms with Gasteiger partial charge in [-0.1, -0.05) is 18.2 Å². The zero-order chi connectivity index (χ0) is 18.2. The number of esters is 1. The largest absolute Gasteiger partial charge is 0.496 e. The number of benzene rings is 1. The highest BCUT2D eigenvalue weighted by Crippen LogP contribution is 2.22. The number of para-hydroxylation sites is 1. The van der Waals surface area contributed by atoms with E-state index in [1.807, 2.05) is 48.9 Å². The average Bonchev–Trinajstić information content (AvgIpc) is 2.94. The first-order chi connectivity index (χ1) is 12.0. The Morgan fingerprint density at radius 3 is 2.72 bits per heavy atom. The summed E-state index contributed by atoms with van der Waals surface area (Å²) in [5.41, 5.74) is 1.94. The molecule has 25 heavy (non-hydrogen) atoms. The second-order valence-electron chi connectivity index (χ2n) is 5.92. The topological polar surface area (TPSA) is 62.6 Å². The van der Waals surface area contributed by atoms with Gasteiger partial charge in [0, 0.05) is 17.3 Å². The van der Waals surface area contributed by atoms with Crippen LogP contribution in [-0.2, 0) is 22.5 Å². The van der Waals surface area contributed by atoms with Gasteiger partial charge in [0.1, 0.15) is 5.75 Å². The molecule has 1 heterocycles. The lowest BCUT2D eigenvalue weighted by atomic mass is 10.2. The van der Waals surface area contributed by atoms with E-state index in [0.29, 0.717) is 31.9 Å². The molecule has 0 unspecified atom stereocenters. The van der Waals surface area contributed by atoms with Crippen LogP contribution >= 0.6 is 0 Å². The smallest absolute Gasteiger partial charge is 0.306 e. The maximum atomic E-state index is 11.7. The second-order valence-corrected chi connectivity index (χ2v) is 5.92. The number of rotatable bonds is 9. The molecule has 0 N–H and O–H groups in total. The molecule has 6 heteroatoms. The van der Waals surface area contributed by atoms with Gasteiger partial charge in [0.15, 0.2) is 0 Å². The predicted octanol–water partition coefficient (Wildman–Crippen LogP) is 3.22. The van der Waals surface area contributed by atoms with Crippen molar-refractivity contribution in [3.63, 3.8) is 0 Å². The summed E-state index contributed by atoms with van der Waals surface area (Å²) in [5, 5.41) is 4.53. The first-order valence-corrected chi connectivity index (χ1v) is 8.54. The molecule has 0 fully saturated rings. The molecular formula is C19H26N2O4. The Hall–Kier alpha value is -2.50. The predicted molar refractivity (Wildman–Crippen MR) is 95.0 cm³/mol. The molecule has 136 valence electrons. The van der Waals surface area contributed by atoms with Crippen molar-refractivity contribution in [2.75, 3.05) is 13.7 Å². The van der Waals surface area contributed by atoms with Crippen LogP contribution in [0.2, 0.25) is 0 Å². The molecule has 0 spiro atoms.